The Labute approximate surface area is 168 Å². The Hall–Kier alpha value is -1.93. The number of para-hydroxylation sites is 2. The number of carboxylic acid groups (broad SMARTS) is 1. The molecule has 1 amide bonds. The number of carbonyl (C=O) groups excluding carboxylic acids is 2. The summed E-state index contributed by atoms with van der Waals surface area (Å²) in [6.45, 7) is 0. The number of aromatic nitrogens is 2. The number of amides is 1. The van der Waals surface area contributed by atoms with Crippen LogP contribution < -0.4 is 34.7 Å². The zero-order chi connectivity index (χ0) is 16.4. The minimum Gasteiger partial charge on any atom is -0.543 e. The minimum absolute atomic E-state index is 0. The van der Waals surface area contributed by atoms with Crippen LogP contribution in [-0.4, -0.2) is 32.2 Å². The summed E-state index contributed by atoms with van der Waals surface area (Å²) in [5.41, 5.74) is 2.58. The van der Waals surface area contributed by atoms with Crippen molar-refractivity contribution in [2.75, 3.05) is 0 Å². The van der Waals surface area contributed by atoms with Crippen molar-refractivity contribution in [3.05, 3.63) is 52.7 Å². The number of rotatable bonds is 2. The molecule has 1 saturated heterocycles. The summed E-state index contributed by atoms with van der Waals surface area (Å²) < 4.78 is 2.01. The largest absolute Gasteiger partial charge is 1.00 e. The van der Waals surface area contributed by atoms with Gasteiger partial charge in [0.05, 0.1) is 28.7 Å². The average molecular weight is 359 g/mol. The Bertz CT molecular complexity index is 1110. The van der Waals surface area contributed by atoms with Gasteiger partial charge in [-0.05, 0) is 24.6 Å². The van der Waals surface area contributed by atoms with Crippen LogP contribution in [0.25, 0.3) is 22.1 Å². The van der Waals surface area contributed by atoms with Crippen LogP contribution in [0.4, 0.5) is 0 Å². The predicted molar refractivity (Wildman–Crippen MR) is 86.9 cm³/mol. The van der Waals surface area contributed by atoms with Gasteiger partial charge < -0.3 is 9.90 Å². The smallest absolute Gasteiger partial charge is 0.543 e. The molecule has 1 fully saturated rings. The fraction of sp³-hybridized carbons (Fsp3) is 0.118. The Morgan fingerprint density at radius 2 is 2.16 bits per heavy atom. The van der Waals surface area contributed by atoms with E-state index < -0.39 is 5.97 Å². The van der Waals surface area contributed by atoms with E-state index in [2.05, 4.69) is 4.98 Å². The third-order valence-electron chi connectivity index (χ3n) is 4.47. The average Bonchev–Trinajstić information content (AvgIpc) is 3.22. The number of thiazole rings is 1. The van der Waals surface area contributed by atoms with Crippen molar-refractivity contribution in [2.24, 2.45) is 0 Å². The molecule has 1 unspecified atom stereocenters. The van der Waals surface area contributed by atoms with Gasteiger partial charge in [-0.15, -0.1) is 0 Å². The van der Waals surface area contributed by atoms with Crippen LogP contribution in [-0.2, 0) is 9.59 Å². The van der Waals surface area contributed by atoms with E-state index in [-0.39, 0.29) is 47.2 Å². The summed E-state index contributed by atoms with van der Waals surface area (Å²) in [7, 11) is 0. The van der Waals surface area contributed by atoms with Crippen LogP contribution >= 0.6 is 11.3 Å². The predicted octanol–water partition coefficient (Wildman–Crippen LogP) is -1.82. The number of benzene rings is 1. The summed E-state index contributed by atoms with van der Waals surface area (Å²) >= 11 is 1.50. The van der Waals surface area contributed by atoms with E-state index in [4.69, 9.17) is 0 Å². The molecule has 0 radical (unpaired) electrons. The van der Waals surface area contributed by atoms with Gasteiger partial charge in [0.25, 0.3) is 5.91 Å². The van der Waals surface area contributed by atoms with E-state index in [1.54, 1.807) is 6.08 Å². The van der Waals surface area contributed by atoms with Gasteiger partial charge >= 0.3 is 29.6 Å². The first-order chi connectivity index (χ1) is 11.6. The molecule has 0 spiro atoms. The van der Waals surface area contributed by atoms with Crippen LogP contribution in [0.15, 0.2) is 47.8 Å². The summed E-state index contributed by atoms with van der Waals surface area (Å²) in [4.78, 5) is 30.9. The van der Waals surface area contributed by atoms with Crippen LogP contribution in [0.2, 0.25) is 0 Å². The molecule has 1 atom stereocenters. The van der Waals surface area contributed by atoms with Crippen molar-refractivity contribution < 1.29 is 44.3 Å². The van der Waals surface area contributed by atoms with Gasteiger partial charge in [-0.1, -0.05) is 29.5 Å². The number of hydrogen-bond donors (Lipinski definition) is 0. The van der Waals surface area contributed by atoms with Gasteiger partial charge in [-0.2, -0.15) is 0 Å². The Kier molecular flexibility index (Phi) is 3.84. The molecule has 1 aromatic carbocycles. The Balaban J connectivity index is 0.00000157. The molecule has 5 rings (SSSR count). The van der Waals surface area contributed by atoms with Gasteiger partial charge in [-0.3, -0.25) is 14.1 Å². The maximum Gasteiger partial charge on any atom is 1.00 e. The second-order valence-electron chi connectivity index (χ2n) is 5.79. The number of carboxylic acids is 1. The Morgan fingerprint density at radius 3 is 2.96 bits per heavy atom. The zero-order valence-electron chi connectivity index (χ0n) is 13.3. The number of hydrogen-bond acceptors (Lipinski definition) is 5. The summed E-state index contributed by atoms with van der Waals surface area (Å²) in [6, 6.07) is 7.70. The number of imidazole rings is 1. The summed E-state index contributed by atoms with van der Waals surface area (Å²) in [6.07, 6.45) is 5.86. The summed E-state index contributed by atoms with van der Waals surface area (Å²) in [5.74, 6) is -1.56. The molecule has 2 aromatic heterocycles. The molecule has 0 saturated carbocycles. The van der Waals surface area contributed by atoms with Crippen LogP contribution in [0.3, 0.4) is 0 Å². The van der Waals surface area contributed by atoms with Gasteiger partial charge in [0.2, 0.25) is 0 Å². The first kappa shape index (κ1) is 16.5. The first-order valence-corrected chi connectivity index (χ1v) is 8.28. The van der Waals surface area contributed by atoms with E-state index in [9.17, 15) is 14.7 Å². The van der Waals surface area contributed by atoms with Gasteiger partial charge in [0, 0.05) is 16.6 Å². The van der Waals surface area contributed by atoms with E-state index >= 15 is 0 Å². The first-order valence-electron chi connectivity index (χ1n) is 7.47. The number of aliphatic carboxylic acids is 1. The molecule has 2 aliphatic rings. The molecule has 3 aromatic rings. The molecule has 0 aliphatic carbocycles. The zero-order valence-corrected chi connectivity index (χ0v) is 16.1. The van der Waals surface area contributed by atoms with Crippen molar-refractivity contribution in [2.45, 2.75) is 12.5 Å². The third kappa shape index (κ3) is 2.31. The van der Waals surface area contributed by atoms with Gasteiger partial charge in [0.1, 0.15) is 0 Å². The van der Waals surface area contributed by atoms with Gasteiger partial charge in [0.15, 0.2) is 4.96 Å². The van der Waals surface area contributed by atoms with Crippen LogP contribution in [0.5, 0.6) is 0 Å². The van der Waals surface area contributed by atoms with E-state index in [0.29, 0.717) is 12.0 Å². The van der Waals surface area contributed by atoms with Gasteiger partial charge in [-0.25, -0.2) is 4.98 Å². The summed E-state index contributed by atoms with van der Waals surface area (Å²) in [5, 5.41) is 11.0. The molecule has 25 heavy (non-hydrogen) atoms. The molecule has 0 N–H and O–H groups in total. The fourth-order valence-electron chi connectivity index (χ4n) is 3.37. The number of fused-ring (bicyclic) bond motifs is 4. The SMILES string of the molecule is O=C([O-])C1=CCC2/C(=C\c3cn4c(nc5ccccc54)s3)C(=O)N12.[Na+]. The quantitative estimate of drug-likeness (QED) is 0.307. The standard InChI is InChI=1S/C17H11N3O3S.Na/c21-15-10(12-5-6-14(16(22)23)20(12)15)7-9-8-19-13-4-2-1-3-11(13)18-17(19)24-9;/h1-4,6-8,12H,5H2,(H,22,23);/q;+1/p-1/b10-7+;. The normalized spacial score (nSPS) is 20.6. The van der Waals surface area contributed by atoms with Crippen molar-refractivity contribution in [1.82, 2.24) is 14.3 Å². The Morgan fingerprint density at radius 1 is 1.36 bits per heavy atom. The fourth-order valence-corrected chi connectivity index (χ4v) is 4.31. The number of nitrogens with zero attached hydrogens (tertiary/aromatic N) is 3. The van der Waals surface area contributed by atoms with Crippen LogP contribution in [0, 0.1) is 0 Å². The maximum atomic E-state index is 12.2. The van der Waals surface area contributed by atoms with Crippen molar-refractivity contribution in [3.8, 4) is 0 Å². The topological polar surface area (TPSA) is 77.7 Å². The van der Waals surface area contributed by atoms with Crippen molar-refractivity contribution in [1.29, 1.82) is 0 Å². The monoisotopic (exact) mass is 359 g/mol. The molecule has 4 heterocycles. The molecule has 2 aliphatic heterocycles. The third-order valence-corrected chi connectivity index (χ3v) is 5.40. The molecular weight excluding hydrogens is 349 g/mol. The van der Waals surface area contributed by atoms with E-state index in [0.717, 1.165) is 20.9 Å². The second kappa shape index (κ2) is 5.81. The molecule has 0 bridgehead atoms. The van der Waals surface area contributed by atoms with E-state index in [1.807, 2.05) is 40.9 Å². The number of carbonyl (C=O) groups is 2. The minimum atomic E-state index is -1.30. The molecular formula is C17H10N3NaO3S. The second-order valence-corrected chi connectivity index (χ2v) is 6.83. The van der Waals surface area contributed by atoms with Crippen LogP contribution in [0.1, 0.15) is 11.3 Å². The van der Waals surface area contributed by atoms with Crippen molar-refractivity contribution in [3.63, 3.8) is 0 Å². The molecule has 8 heteroatoms. The number of β-lactam (4-membered cyclic amide) rings is 1. The van der Waals surface area contributed by atoms with E-state index in [1.165, 1.54) is 16.2 Å². The molecule has 118 valence electrons. The maximum absolute atomic E-state index is 12.2. The van der Waals surface area contributed by atoms with Crippen molar-refractivity contribution >= 4 is 45.3 Å². The molecule has 6 nitrogen and oxygen atoms in total.